The summed E-state index contributed by atoms with van der Waals surface area (Å²) >= 11 is 1.61. The molecule has 0 spiro atoms. The van der Waals surface area contributed by atoms with Crippen LogP contribution in [0.2, 0.25) is 0 Å². The second-order valence-corrected chi connectivity index (χ2v) is 8.99. The van der Waals surface area contributed by atoms with Crippen LogP contribution in [-0.2, 0) is 11.3 Å². The first-order valence-electron chi connectivity index (χ1n) is 10.4. The fourth-order valence-corrected chi connectivity index (χ4v) is 5.38. The van der Waals surface area contributed by atoms with E-state index in [4.69, 9.17) is 0 Å². The minimum Gasteiger partial charge on any atom is -0.346 e. The van der Waals surface area contributed by atoms with Gasteiger partial charge >= 0.3 is 0 Å². The molecule has 1 N–H and O–H groups in total. The fourth-order valence-electron chi connectivity index (χ4n) is 4.60. The molecule has 2 atom stereocenters. The third kappa shape index (κ3) is 4.61. The normalized spacial score (nSPS) is 22.2. The molecule has 1 saturated carbocycles. The van der Waals surface area contributed by atoms with Crippen molar-refractivity contribution in [2.24, 2.45) is 11.8 Å². The smallest absolute Gasteiger partial charge is 0.223 e. The Bertz CT molecular complexity index is 776. The van der Waals surface area contributed by atoms with Crippen LogP contribution in [0.1, 0.15) is 55.1 Å². The molecule has 0 bridgehead atoms. The Labute approximate surface area is 170 Å². The largest absolute Gasteiger partial charge is 0.346 e. The predicted octanol–water partition coefficient (Wildman–Crippen LogP) is 4.54. The number of thiazole rings is 1. The first-order chi connectivity index (χ1) is 13.7. The predicted molar refractivity (Wildman–Crippen MR) is 109 cm³/mol. The maximum atomic E-state index is 14.1. The summed E-state index contributed by atoms with van der Waals surface area (Å²) in [6, 6.07) is 6.96. The average molecular weight is 402 g/mol. The lowest BCUT2D eigenvalue weighted by Gasteiger charge is -2.37. The van der Waals surface area contributed by atoms with Crippen LogP contribution in [-0.4, -0.2) is 28.9 Å². The van der Waals surface area contributed by atoms with E-state index in [1.54, 1.807) is 17.4 Å². The van der Waals surface area contributed by atoms with Crippen molar-refractivity contribution in [2.45, 2.75) is 51.1 Å². The van der Waals surface area contributed by atoms with Gasteiger partial charge < -0.3 is 5.32 Å². The van der Waals surface area contributed by atoms with Crippen LogP contribution < -0.4 is 5.32 Å². The van der Waals surface area contributed by atoms with Crippen molar-refractivity contribution < 1.29 is 9.18 Å². The van der Waals surface area contributed by atoms with Gasteiger partial charge in [-0.3, -0.25) is 9.69 Å². The lowest BCUT2D eigenvalue weighted by atomic mass is 9.90. The highest BCUT2D eigenvalue weighted by Gasteiger charge is 2.33. The minimum absolute atomic E-state index is 0.0449. The average Bonchev–Trinajstić information content (AvgIpc) is 3.42. The van der Waals surface area contributed by atoms with Gasteiger partial charge in [0.2, 0.25) is 5.91 Å². The van der Waals surface area contributed by atoms with Crippen LogP contribution in [0.5, 0.6) is 0 Å². The molecule has 1 aliphatic heterocycles. The summed E-state index contributed by atoms with van der Waals surface area (Å²) in [4.78, 5) is 19.6. The highest BCUT2D eigenvalue weighted by atomic mass is 32.1. The topological polar surface area (TPSA) is 45.2 Å². The monoisotopic (exact) mass is 401 g/mol. The zero-order valence-electron chi connectivity index (χ0n) is 16.1. The van der Waals surface area contributed by atoms with Crippen LogP contribution in [0.3, 0.4) is 0 Å². The Kier molecular flexibility index (Phi) is 6.37. The Morgan fingerprint density at radius 1 is 1.25 bits per heavy atom. The number of rotatable bonds is 6. The van der Waals surface area contributed by atoms with E-state index in [9.17, 15) is 9.18 Å². The van der Waals surface area contributed by atoms with Crippen LogP contribution in [0, 0.1) is 17.7 Å². The molecule has 1 aromatic carbocycles. The number of aromatic nitrogens is 1. The van der Waals surface area contributed by atoms with Gasteiger partial charge in [-0.05, 0) is 44.2 Å². The molecule has 2 aliphatic rings. The molecular formula is C22H28FN3OS. The Morgan fingerprint density at radius 3 is 2.82 bits per heavy atom. The van der Waals surface area contributed by atoms with E-state index in [1.807, 2.05) is 23.7 Å². The van der Waals surface area contributed by atoms with Gasteiger partial charge in [0.05, 0.1) is 6.04 Å². The Balaban J connectivity index is 1.46. The number of nitrogens with zero attached hydrogens (tertiary/aromatic N) is 2. The van der Waals surface area contributed by atoms with E-state index >= 15 is 0 Å². The van der Waals surface area contributed by atoms with Crippen LogP contribution >= 0.6 is 11.3 Å². The van der Waals surface area contributed by atoms with Crippen molar-refractivity contribution in [3.05, 3.63) is 52.2 Å². The molecule has 150 valence electrons. The number of likely N-dealkylation sites (tertiary alicyclic amines) is 1. The van der Waals surface area contributed by atoms with E-state index in [0.717, 1.165) is 62.2 Å². The number of piperidine rings is 1. The lowest BCUT2D eigenvalue weighted by molar-refractivity contribution is -0.126. The van der Waals surface area contributed by atoms with Gasteiger partial charge in [-0.15, -0.1) is 11.3 Å². The van der Waals surface area contributed by atoms with Crippen molar-refractivity contribution in [3.63, 3.8) is 0 Å². The third-order valence-electron chi connectivity index (χ3n) is 6.11. The molecule has 1 amide bonds. The molecule has 2 aromatic rings. The minimum atomic E-state index is -0.143. The first kappa shape index (κ1) is 19.5. The van der Waals surface area contributed by atoms with Gasteiger partial charge in [-0.1, -0.05) is 31.0 Å². The lowest BCUT2D eigenvalue weighted by Crippen LogP contribution is -2.44. The maximum Gasteiger partial charge on any atom is 0.223 e. The van der Waals surface area contributed by atoms with Gasteiger partial charge in [0.15, 0.2) is 0 Å². The molecule has 1 aliphatic carbocycles. The summed E-state index contributed by atoms with van der Waals surface area (Å²) in [6.07, 6.45) is 8.23. The maximum absolute atomic E-state index is 14.1. The Morgan fingerprint density at radius 2 is 2.07 bits per heavy atom. The van der Waals surface area contributed by atoms with E-state index in [1.165, 1.54) is 6.07 Å². The summed E-state index contributed by atoms with van der Waals surface area (Å²) in [6.45, 7) is 2.43. The molecule has 4 nitrogen and oxygen atoms in total. The first-order valence-corrected chi connectivity index (χ1v) is 11.2. The van der Waals surface area contributed by atoms with Crippen molar-refractivity contribution >= 4 is 17.2 Å². The summed E-state index contributed by atoms with van der Waals surface area (Å²) in [5.74, 6) is 0.497. The summed E-state index contributed by atoms with van der Waals surface area (Å²) in [7, 11) is 0. The zero-order chi connectivity index (χ0) is 19.3. The summed E-state index contributed by atoms with van der Waals surface area (Å²) < 4.78 is 14.1. The highest BCUT2D eigenvalue weighted by molar-refractivity contribution is 7.09. The molecule has 6 heteroatoms. The van der Waals surface area contributed by atoms with Crippen LogP contribution in [0.25, 0.3) is 0 Å². The standard InChI is InChI=1S/C22H28FN3OS/c23-19-10-4-3-8-17(19)14-26-12-5-9-18(15-26)20(22-24-11-13-28-22)25-21(27)16-6-1-2-7-16/h3-4,8,10-11,13,16,18,20H,1-2,5-7,9,12,14-15H2,(H,25,27)/t18-,20+/m1/s1. The van der Waals surface area contributed by atoms with Gasteiger partial charge in [0.1, 0.15) is 10.8 Å². The number of hydrogen-bond donors (Lipinski definition) is 1. The molecule has 0 unspecified atom stereocenters. The fraction of sp³-hybridized carbons (Fsp3) is 0.545. The number of carbonyl (C=O) groups is 1. The molecule has 28 heavy (non-hydrogen) atoms. The number of halogens is 1. The molecule has 1 aromatic heterocycles. The van der Waals surface area contributed by atoms with Gasteiger partial charge in [-0.2, -0.15) is 0 Å². The van der Waals surface area contributed by atoms with Crippen molar-refractivity contribution in [1.29, 1.82) is 0 Å². The molecule has 1 saturated heterocycles. The van der Waals surface area contributed by atoms with Crippen molar-refractivity contribution in [2.75, 3.05) is 13.1 Å². The van der Waals surface area contributed by atoms with Crippen molar-refractivity contribution in [1.82, 2.24) is 15.2 Å². The molecule has 4 rings (SSSR count). The third-order valence-corrected chi connectivity index (χ3v) is 6.96. The molecule has 0 radical (unpaired) electrons. The molecule has 2 fully saturated rings. The number of benzene rings is 1. The van der Waals surface area contributed by atoms with E-state index in [0.29, 0.717) is 12.5 Å². The van der Waals surface area contributed by atoms with Crippen LogP contribution in [0.15, 0.2) is 35.8 Å². The number of nitrogens with one attached hydrogen (secondary N) is 1. The quantitative estimate of drug-likeness (QED) is 0.773. The zero-order valence-corrected chi connectivity index (χ0v) is 17.0. The Hall–Kier alpha value is -1.79. The van der Waals surface area contributed by atoms with Crippen LogP contribution in [0.4, 0.5) is 4.39 Å². The summed E-state index contributed by atoms with van der Waals surface area (Å²) in [5, 5.41) is 6.30. The van der Waals surface area contributed by atoms with E-state index < -0.39 is 0 Å². The van der Waals surface area contributed by atoms with Crippen molar-refractivity contribution in [3.8, 4) is 0 Å². The summed E-state index contributed by atoms with van der Waals surface area (Å²) in [5.41, 5.74) is 0.740. The highest BCUT2D eigenvalue weighted by Crippen LogP contribution is 2.33. The van der Waals surface area contributed by atoms with Gasteiger partial charge in [0, 0.05) is 36.1 Å². The van der Waals surface area contributed by atoms with Gasteiger partial charge in [-0.25, -0.2) is 9.37 Å². The second kappa shape index (κ2) is 9.14. The molecule has 2 heterocycles. The van der Waals surface area contributed by atoms with Gasteiger partial charge in [0.25, 0.3) is 0 Å². The number of carbonyl (C=O) groups excluding carboxylic acids is 1. The number of amides is 1. The second-order valence-electron chi connectivity index (χ2n) is 8.07. The van der Waals surface area contributed by atoms with E-state index in [2.05, 4.69) is 15.2 Å². The van der Waals surface area contributed by atoms with E-state index in [-0.39, 0.29) is 23.7 Å². The molecular weight excluding hydrogens is 373 g/mol. The number of hydrogen-bond acceptors (Lipinski definition) is 4. The SMILES string of the molecule is O=C(N[C@H](c1nccs1)[C@@H]1CCCN(Cc2ccccc2F)C1)C1CCCC1.